The number of carboxylic acids is 1. The number of rotatable bonds is 6. The van der Waals surface area contributed by atoms with E-state index in [4.69, 9.17) is 14.6 Å². The molecule has 1 aromatic carbocycles. The van der Waals surface area contributed by atoms with Gasteiger partial charge in [0.25, 0.3) is 0 Å². The van der Waals surface area contributed by atoms with E-state index >= 15 is 0 Å². The van der Waals surface area contributed by atoms with Gasteiger partial charge in [0, 0.05) is 6.07 Å². The summed E-state index contributed by atoms with van der Waals surface area (Å²) in [6.07, 6.45) is 1.07. The third kappa shape index (κ3) is 3.37. The molecule has 0 aliphatic heterocycles. The highest BCUT2D eigenvalue weighted by Gasteiger charge is 2.18. The molecule has 0 heterocycles. The van der Waals surface area contributed by atoms with Gasteiger partial charge in [-0.3, -0.25) is 4.79 Å². The molecule has 0 bridgehead atoms. The predicted octanol–water partition coefficient (Wildman–Crippen LogP) is 2.36. The van der Waals surface area contributed by atoms with E-state index in [0.717, 1.165) is 5.56 Å². The van der Waals surface area contributed by atoms with Gasteiger partial charge in [-0.1, -0.05) is 13.0 Å². The Labute approximate surface area is 101 Å². The van der Waals surface area contributed by atoms with Crippen LogP contribution in [0.4, 0.5) is 0 Å². The Morgan fingerprint density at radius 2 is 2.06 bits per heavy atom. The lowest BCUT2D eigenvalue weighted by Gasteiger charge is -2.13. The molecule has 4 heteroatoms. The van der Waals surface area contributed by atoms with Crippen molar-refractivity contribution in [2.45, 2.75) is 19.8 Å². The number of carboxylic acid groups (broad SMARTS) is 1. The van der Waals surface area contributed by atoms with E-state index in [1.165, 1.54) is 0 Å². The molecule has 1 atom stereocenters. The van der Waals surface area contributed by atoms with E-state index in [9.17, 15) is 4.79 Å². The highest BCUT2D eigenvalue weighted by atomic mass is 16.5. The van der Waals surface area contributed by atoms with Gasteiger partial charge in [0.1, 0.15) is 11.5 Å². The van der Waals surface area contributed by atoms with Crippen molar-refractivity contribution in [2.24, 2.45) is 5.92 Å². The zero-order chi connectivity index (χ0) is 12.8. The van der Waals surface area contributed by atoms with Crippen molar-refractivity contribution in [1.29, 1.82) is 0 Å². The van der Waals surface area contributed by atoms with Gasteiger partial charge in [-0.25, -0.2) is 0 Å². The molecule has 1 aromatic rings. The number of methoxy groups -OCH3 is 2. The van der Waals surface area contributed by atoms with Crippen LogP contribution in [0.5, 0.6) is 11.5 Å². The molecule has 0 amide bonds. The minimum absolute atomic E-state index is 0.378. The van der Waals surface area contributed by atoms with Crippen molar-refractivity contribution in [3.63, 3.8) is 0 Å². The maximum atomic E-state index is 11.0. The smallest absolute Gasteiger partial charge is 0.306 e. The van der Waals surface area contributed by atoms with E-state index in [2.05, 4.69) is 0 Å². The summed E-state index contributed by atoms with van der Waals surface area (Å²) in [5.41, 5.74) is 0.891. The Hall–Kier alpha value is -1.71. The lowest BCUT2D eigenvalue weighted by Crippen LogP contribution is -2.15. The van der Waals surface area contributed by atoms with Gasteiger partial charge in [-0.15, -0.1) is 0 Å². The van der Waals surface area contributed by atoms with Crippen LogP contribution in [-0.4, -0.2) is 25.3 Å². The van der Waals surface area contributed by atoms with Crippen LogP contribution in [0.1, 0.15) is 18.9 Å². The first-order valence-electron chi connectivity index (χ1n) is 5.56. The number of carbonyl (C=O) groups is 1. The fraction of sp³-hybridized carbons (Fsp3) is 0.462. The maximum Gasteiger partial charge on any atom is 0.306 e. The van der Waals surface area contributed by atoms with Gasteiger partial charge >= 0.3 is 5.97 Å². The van der Waals surface area contributed by atoms with Crippen LogP contribution in [0.2, 0.25) is 0 Å². The molecule has 0 fully saturated rings. The van der Waals surface area contributed by atoms with Crippen molar-refractivity contribution in [2.75, 3.05) is 14.2 Å². The molecule has 17 heavy (non-hydrogen) atoms. The van der Waals surface area contributed by atoms with Crippen molar-refractivity contribution >= 4 is 5.97 Å². The van der Waals surface area contributed by atoms with Crippen molar-refractivity contribution in [1.82, 2.24) is 0 Å². The van der Waals surface area contributed by atoms with Crippen LogP contribution in [0.3, 0.4) is 0 Å². The molecule has 0 aliphatic rings. The summed E-state index contributed by atoms with van der Waals surface area (Å²) in [6, 6.07) is 5.43. The summed E-state index contributed by atoms with van der Waals surface area (Å²) in [6.45, 7) is 1.87. The minimum atomic E-state index is -0.773. The molecule has 1 N–H and O–H groups in total. The van der Waals surface area contributed by atoms with Crippen molar-refractivity contribution in [3.05, 3.63) is 23.8 Å². The number of ether oxygens (including phenoxy) is 2. The van der Waals surface area contributed by atoms with Gasteiger partial charge in [0.2, 0.25) is 0 Å². The zero-order valence-corrected chi connectivity index (χ0v) is 10.4. The molecule has 4 nitrogen and oxygen atoms in total. The van der Waals surface area contributed by atoms with E-state index in [1.54, 1.807) is 20.3 Å². The second kappa shape index (κ2) is 6.13. The van der Waals surface area contributed by atoms with Crippen LogP contribution in [-0.2, 0) is 11.2 Å². The number of benzene rings is 1. The third-order valence-corrected chi connectivity index (χ3v) is 2.80. The van der Waals surface area contributed by atoms with Crippen LogP contribution < -0.4 is 9.47 Å². The highest BCUT2D eigenvalue weighted by Crippen LogP contribution is 2.27. The van der Waals surface area contributed by atoms with Gasteiger partial charge in [-0.05, 0) is 24.5 Å². The zero-order valence-electron chi connectivity index (χ0n) is 10.4. The van der Waals surface area contributed by atoms with Gasteiger partial charge in [-0.2, -0.15) is 0 Å². The fourth-order valence-corrected chi connectivity index (χ4v) is 1.69. The molecule has 0 spiro atoms. The summed E-state index contributed by atoms with van der Waals surface area (Å²) in [7, 11) is 3.15. The summed E-state index contributed by atoms with van der Waals surface area (Å²) in [4.78, 5) is 11.0. The van der Waals surface area contributed by atoms with E-state index in [0.29, 0.717) is 24.3 Å². The first kappa shape index (κ1) is 13.4. The van der Waals surface area contributed by atoms with Crippen LogP contribution in [0.15, 0.2) is 18.2 Å². The lowest BCUT2D eigenvalue weighted by molar-refractivity contribution is -0.141. The SMILES string of the molecule is CC[C@@H](Cc1ccc(OC)cc1OC)C(=O)O. The predicted molar refractivity (Wildman–Crippen MR) is 64.7 cm³/mol. The maximum absolute atomic E-state index is 11.0. The Morgan fingerprint density at radius 1 is 1.35 bits per heavy atom. The molecular formula is C13H18O4. The molecule has 0 aliphatic carbocycles. The first-order chi connectivity index (χ1) is 8.12. The standard InChI is InChI=1S/C13H18O4/c1-4-9(13(14)15)7-10-5-6-11(16-2)8-12(10)17-3/h5-6,8-9H,4,7H2,1-3H3,(H,14,15)/t9-/m0/s1. The summed E-state index contributed by atoms with van der Waals surface area (Å²) < 4.78 is 10.3. The Morgan fingerprint density at radius 3 is 2.53 bits per heavy atom. The summed E-state index contributed by atoms with van der Waals surface area (Å²) >= 11 is 0. The average molecular weight is 238 g/mol. The van der Waals surface area contributed by atoms with E-state index in [1.807, 2.05) is 19.1 Å². The fourth-order valence-electron chi connectivity index (χ4n) is 1.69. The molecule has 0 saturated carbocycles. The first-order valence-corrected chi connectivity index (χ1v) is 5.56. The van der Waals surface area contributed by atoms with Crippen molar-refractivity contribution in [3.8, 4) is 11.5 Å². The van der Waals surface area contributed by atoms with E-state index < -0.39 is 5.97 Å². The Kier molecular flexibility index (Phi) is 4.82. The van der Waals surface area contributed by atoms with Crippen molar-refractivity contribution < 1.29 is 19.4 Å². The van der Waals surface area contributed by atoms with E-state index in [-0.39, 0.29) is 5.92 Å². The summed E-state index contributed by atoms with van der Waals surface area (Å²) in [5.74, 6) is 0.223. The normalized spacial score (nSPS) is 11.9. The third-order valence-electron chi connectivity index (χ3n) is 2.80. The number of aliphatic carboxylic acids is 1. The quantitative estimate of drug-likeness (QED) is 0.826. The van der Waals surface area contributed by atoms with Gasteiger partial charge < -0.3 is 14.6 Å². The molecule has 1 rings (SSSR count). The molecule has 0 aromatic heterocycles. The van der Waals surface area contributed by atoms with Crippen LogP contribution in [0, 0.1) is 5.92 Å². The monoisotopic (exact) mass is 238 g/mol. The molecule has 0 unspecified atom stereocenters. The van der Waals surface area contributed by atoms with Crippen LogP contribution >= 0.6 is 0 Å². The number of hydrogen-bond donors (Lipinski definition) is 1. The molecule has 0 saturated heterocycles. The van der Waals surface area contributed by atoms with Gasteiger partial charge in [0.15, 0.2) is 0 Å². The van der Waals surface area contributed by atoms with Gasteiger partial charge in [0.05, 0.1) is 20.1 Å². The second-order valence-electron chi connectivity index (χ2n) is 3.83. The molecule has 0 radical (unpaired) electrons. The minimum Gasteiger partial charge on any atom is -0.497 e. The Bertz CT molecular complexity index is 387. The van der Waals surface area contributed by atoms with Crippen LogP contribution in [0.25, 0.3) is 0 Å². The summed E-state index contributed by atoms with van der Waals surface area (Å²) in [5, 5.41) is 9.03. The lowest BCUT2D eigenvalue weighted by atomic mass is 9.96. The second-order valence-corrected chi connectivity index (χ2v) is 3.83. The largest absolute Gasteiger partial charge is 0.497 e. The highest BCUT2D eigenvalue weighted by molar-refractivity contribution is 5.70. The number of hydrogen-bond acceptors (Lipinski definition) is 3. The molecular weight excluding hydrogens is 220 g/mol. The molecule has 94 valence electrons. The Balaban J connectivity index is 2.93. The average Bonchev–Trinajstić information content (AvgIpc) is 2.35. The topological polar surface area (TPSA) is 55.8 Å².